The molecule has 4 heteroatoms. The number of allylic oxidation sites excluding steroid dienone is 4. The van der Waals surface area contributed by atoms with Crippen LogP contribution in [0.4, 0.5) is 5.69 Å². The van der Waals surface area contributed by atoms with Gasteiger partial charge in [-0.2, -0.15) is 0 Å². The molecular weight excluding hydrogens is 372 g/mol. The molecule has 3 aromatic rings. The fourth-order valence-electron chi connectivity index (χ4n) is 3.87. The first-order valence-electron chi connectivity index (χ1n) is 9.75. The largest absolute Gasteiger partial charge is 0.401 e. The summed E-state index contributed by atoms with van der Waals surface area (Å²) in [6.45, 7) is 0. The Kier molecular flexibility index (Phi) is 5.07. The predicted molar refractivity (Wildman–Crippen MR) is 120 cm³/mol. The maximum Gasteiger partial charge on any atom is 0.183 e. The second-order valence-electron chi connectivity index (χ2n) is 7.41. The van der Waals surface area contributed by atoms with Crippen molar-refractivity contribution in [1.29, 1.82) is 0 Å². The first-order chi connectivity index (χ1) is 14.5. The maximum atomic E-state index is 13.8. The molecule has 0 bridgehead atoms. The van der Waals surface area contributed by atoms with E-state index in [0.717, 1.165) is 11.1 Å². The van der Waals surface area contributed by atoms with Crippen LogP contribution < -0.4 is 11.5 Å². The van der Waals surface area contributed by atoms with Gasteiger partial charge in [-0.3, -0.25) is 9.59 Å². The third-order valence-corrected chi connectivity index (χ3v) is 5.54. The van der Waals surface area contributed by atoms with Crippen molar-refractivity contribution in [3.8, 4) is 0 Å². The van der Waals surface area contributed by atoms with E-state index in [-0.39, 0.29) is 23.7 Å². The van der Waals surface area contributed by atoms with Crippen molar-refractivity contribution < 1.29 is 9.59 Å². The number of nitrogens with two attached hydrogens (primary N) is 2. The van der Waals surface area contributed by atoms with Crippen molar-refractivity contribution in [2.45, 2.75) is 6.42 Å². The molecule has 0 spiro atoms. The Morgan fingerprint density at radius 2 is 1.17 bits per heavy atom. The molecule has 4 nitrogen and oxygen atoms in total. The van der Waals surface area contributed by atoms with Crippen molar-refractivity contribution in [2.75, 3.05) is 5.73 Å². The van der Waals surface area contributed by atoms with E-state index in [9.17, 15) is 9.59 Å². The Balaban J connectivity index is 1.86. The van der Waals surface area contributed by atoms with E-state index in [0.29, 0.717) is 16.8 Å². The maximum absolute atomic E-state index is 13.8. The van der Waals surface area contributed by atoms with Gasteiger partial charge in [0.25, 0.3) is 0 Å². The molecular formula is C26H22N2O2. The van der Waals surface area contributed by atoms with Gasteiger partial charge in [0.1, 0.15) is 5.41 Å². The summed E-state index contributed by atoms with van der Waals surface area (Å²) >= 11 is 0. The lowest BCUT2D eigenvalue weighted by molar-refractivity contribution is 0.0714. The minimum Gasteiger partial charge on any atom is -0.401 e. The molecule has 0 saturated heterocycles. The lowest BCUT2D eigenvalue weighted by Gasteiger charge is -2.35. The minimum atomic E-state index is -1.51. The first-order valence-corrected chi connectivity index (χ1v) is 9.75. The van der Waals surface area contributed by atoms with Gasteiger partial charge in [0, 0.05) is 22.5 Å². The zero-order valence-corrected chi connectivity index (χ0v) is 16.4. The van der Waals surface area contributed by atoms with Gasteiger partial charge in [0.2, 0.25) is 0 Å². The summed E-state index contributed by atoms with van der Waals surface area (Å²) in [5, 5.41) is 0. The van der Waals surface area contributed by atoms with Gasteiger partial charge in [0.05, 0.1) is 0 Å². The highest BCUT2D eigenvalue weighted by Gasteiger charge is 2.50. The molecule has 0 saturated carbocycles. The Labute approximate surface area is 175 Å². The van der Waals surface area contributed by atoms with Gasteiger partial charge in [0.15, 0.2) is 11.6 Å². The molecule has 0 heterocycles. The fourth-order valence-corrected chi connectivity index (χ4v) is 3.87. The molecule has 4 N–H and O–H groups in total. The second-order valence-corrected chi connectivity index (χ2v) is 7.41. The van der Waals surface area contributed by atoms with Crippen LogP contribution in [0, 0.1) is 5.41 Å². The quantitative estimate of drug-likeness (QED) is 0.375. The topological polar surface area (TPSA) is 86.2 Å². The average molecular weight is 394 g/mol. The summed E-state index contributed by atoms with van der Waals surface area (Å²) < 4.78 is 0. The molecule has 148 valence electrons. The minimum absolute atomic E-state index is 0.181. The number of hydrogen-bond donors (Lipinski definition) is 2. The van der Waals surface area contributed by atoms with E-state index >= 15 is 0 Å². The Morgan fingerprint density at radius 3 is 1.67 bits per heavy atom. The molecule has 1 aliphatic rings. The van der Waals surface area contributed by atoms with Gasteiger partial charge >= 0.3 is 0 Å². The molecule has 0 atom stereocenters. The number of rotatable bonds is 5. The smallest absolute Gasteiger partial charge is 0.183 e. The highest BCUT2D eigenvalue weighted by atomic mass is 16.2. The van der Waals surface area contributed by atoms with Gasteiger partial charge < -0.3 is 11.5 Å². The molecule has 0 fully saturated rings. The number of nitrogen functional groups attached to an aromatic ring is 1. The van der Waals surface area contributed by atoms with Crippen molar-refractivity contribution in [1.82, 2.24) is 0 Å². The number of carbonyl (C=O) groups is 2. The zero-order valence-electron chi connectivity index (χ0n) is 16.4. The highest BCUT2D eigenvalue weighted by Crippen LogP contribution is 2.44. The van der Waals surface area contributed by atoms with Crippen LogP contribution in [-0.4, -0.2) is 11.6 Å². The average Bonchev–Trinajstić information content (AvgIpc) is 2.80. The van der Waals surface area contributed by atoms with E-state index in [2.05, 4.69) is 0 Å². The number of ketones is 2. The van der Waals surface area contributed by atoms with Crippen molar-refractivity contribution in [3.05, 3.63) is 119 Å². The van der Waals surface area contributed by atoms with Crippen LogP contribution >= 0.6 is 0 Å². The lowest BCUT2D eigenvalue weighted by atomic mass is 9.65. The molecule has 0 aliphatic heterocycles. The van der Waals surface area contributed by atoms with Crippen LogP contribution in [0.1, 0.15) is 32.7 Å². The molecule has 4 rings (SSSR count). The molecule has 0 radical (unpaired) electrons. The summed E-state index contributed by atoms with van der Waals surface area (Å²) in [5.41, 5.74) is 14.3. The fraction of sp³-hybridized carbons (Fsp3) is 0.0769. The van der Waals surface area contributed by atoms with Crippen LogP contribution in [0.2, 0.25) is 0 Å². The summed E-state index contributed by atoms with van der Waals surface area (Å²) in [6, 6.07) is 25.1. The van der Waals surface area contributed by atoms with E-state index < -0.39 is 5.41 Å². The number of anilines is 1. The van der Waals surface area contributed by atoms with E-state index in [1.165, 1.54) is 0 Å². The Bertz CT molecular complexity index is 1090. The highest BCUT2D eigenvalue weighted by molar-refractivity contribution is 6.23. The van der Waals surface area contributed by atoms with Gasteiger partial charge in [-0.25, -0.2) is 0 Å². The SMILES string of the molecule is NC1=CC=C(c2ccc(N)cc2)CC1(C(=O)c1ccccc1)C(=O)c1ccccc1. The monoisotopic (exact) mass is 394 g/mol. The van der Waals surface area contributed by atoms with Crippen molar-refractivity contribution >= 4 is 22.8 Å². The van der Waals surface area contributed by atoms with Gasteiger partial charge in [-0.1, -0.05) is 78.9 Å². The predicted octanol–water partition coefficient (Wildman–Crippen LogP) is 4.65. The van der Waals surface area contributed by atoms with E-state index in [4.69, 9.17) is 11.5 Å². The molecule has 3 aromatic carbocycles. The van der Waals surface area contributed by atoms with Crippen LogP contribution in [0.5, 0.6) is 0 Å². The summed E-state index contributed by atoms with van der Waals surface area (Å²) in [6.07, 6.45) is 3.73. The van der Waals surface area contributed by atoms with Crippen LogP contribution in [0.15, 0.2) is 103 Å². The Hall–Kier alpha value is -3.92. The lowest BCUT2D eigenvalue weighted by Crippen LogP contribution is -2.45. The molecule has 0 aromatic heterocycles. The van der Waals surface area contributed by atoms with Gasteiger partial charge in [-0.05, 0) is 35.8 Å². The Morgan fingerprint density at radius 1 is 0.667 bits per heavy atom. The third kappa shape index (κ3) is 3.33. The summed E-state index contributed by atoms with van der Waals surface area (Å²) in [4.78, 5) is 27.6. The number of benzene rings is 3. The van der Waals surface area contributed by atoms with Crippen molar-refractivity contribution in [2.24, 2.45) is 11.1 Å². The molecule has 1 aliphatic carbocycles. The van der Waals surface area contributed by atoms with Crippen LogP contribution in [0.25, 0.3) is 5.57 Å². The summed E-state index contributed by atoms with van der Waals surface area (Å²) in [7, 11) is 0. The number of carbonyl (C=O) groups excluding carboxylic acids is 2. The number of Topliss-reactive ketones (excluding diaryl/α,β-unsaturated/α-hetero) is 2. The second kappa shape index (κ2) is 7.84. The third-order valence-electron chi connectivity index (χ3n) is 5.54. The van der Waals surface area contributed by atoms with Crippen LogP contribution in [0.3, 0.4) is 0 Å². The number of hydrogen-bond acceptors (Lipinski definition) is 4. The standard InChI is InChI=1S/C26H22N2O2/c27-22-14-11-18(12-15-22)21-13-16-23(28)26(17-21,24(29)19-7-3-1-4-8-19)25(30)20-9-5-2-6-10-20/h1-16H,17,27-28H2. The molecule has 0 unspecified atom stereocenters. The molecule has 0 amide bonds. The van der Waals surface area contributed by atoms with Crippen molar-refractivity contribution in [3.63, 3.8) is 0 Å². The van der Waals surface area contributed by atoms with E-state index in [1.807, 2.05) is 30.3 Å². The first kappa shape index (κ1) is 19.4. The normalized spacial score (nSPS) is 15.1. The zero-order chi connectivity index (χ0) is 21.1. The summed E-state index contributed by atoms with van der Waals surface area (Å²) in [5.74, 6) is -0.599. The van der Waals surface area contributed by atoms with Crippen LogP contribution in [-0.2, 0) is 0 Å². The molecule has 30 heavy (non-hydrogen) atoms. The van der Waals surface area contributed by atoms with Gasteiger partial charge in [-0.15, -0.1) is 0 Å². The van der Waals surface area contributed by atoms with E-state index in [1.54, 1.807) is 66.7 Å².